The Hall–Kier alpha value is -3.15. The average molecular weight is 293 g/mol. The molecule has 6 nitrogen and oxygen atoms in total. The molecule has 6 heteroatoms. The predicted molar refractivity (Wildman–Crippen MR) is 86.0 cm³/mol. The van der Waals surface area contributed by atoms with Gasteiger partial charge < -0.3 is 16.8 Å². The Labute approximate surface area is 127 Å². The lowest BCUT2D eigenvalue weighted by molar-refractivity contribution is 0.0951. The van der Waals surface area contributed by atoms with Crippen LogP contribution in [0.25, 0.3) is 10.9 Å². The van der Waals surface area contributed by atoms with E-state index in [4.69, 9.17) is 11.5 Å². The molecule has 0 saturated carbocycles. The van der Waals surface area contributed by atoms with Crippen LogP contribution in [-0.4, -0.2) is 15.9 Å². The van der Waals surface area contributed by atoms with Crippen LogP contribution in [0, 0.1) is 0 Å². The van der Waals surface area contributed by atoms with Gasteiger partial charge >= 0.3 is 0 Å². The van der Waals surface area contributed by atoms with Crippen LogP contribution >= 0.6 is 0 Å². The van der Waals surface area contributed by atoms with Gasteiger partial charge in [-0.05, 0) is 29.8 Å². The molecule has 0 fully saturated rings. The van der Waals surface area contributed by atoms with Crippen molar-refractivity contribution in [1.82, 2.24) is 15.3 Å². The fourth-order valence-electron chi connectivity index (χ4n) is 2.20. The minimum Gasteiger partial charge on any atom is -0.383 e. The van der Waals surface area contributed by atoms with Crippen molar-refractivity contribution >= 4 is 28.6 Å². The van der Waals surface area contributed by atoms with E-state index < -0.39 is 0 Å². The lowest BCUT2D eigenvalue weighted by Crippen LogP contribution is -2.22. The Bertz CT molecular complexity index is 833. The minimum atomic E-state index is -0.123. The third-order valence-electron chi connectivity index (χ3n) is 3.30. The van der Waals surface area contributed by atoms with Gasteiger partial charge in [-0.3, -0.25) is 4.79 Å². The van der Waals surface area contributed by atoms with Gasteiger partial charge in [0.15, 0.2) is 0 Å². The van der Waals surface area contributed by atoms with E-state index in [0.717, 1.165) is 10.9 Å². The summed E-state index contributed by atoms with van der Waals surface area (Å²) in [5.74, 6) is 0.357. The Balaban J connectivity index is 1.79. The lowest BCUT2D eigenvalue weighted by atomic mass is 10.1. The number of carbonyl (C=O) groups excluding carboxylic acids is 1. The smallest absolute Gasteiger partial charge is 0.251 e. The number of anilines is 2. The number of carbonyl (C=O) groups is 1. The molecular weight excluding hydrogens is 278 g/mol. The first-order valence-electron chi connectivity index (χ1n) is 6.78. The molecule has 0 aliphatic rings. The SMILES string of the molecule is Nc1nc(N)c2cc(CNC(=O)c3ccccc3)ccc2n1. The van der Waals surface area contributed by atoms with E-state index in [-0.39, 0.29) is 11.9 Å². The van der Waals surface area contributed by atoms with Crippen molar-refractivity contribution < 1.29 is 4.79 Å². The van der Waals surface area contributed by atoms with E-state index in [1.54, 1.807) is 12.1 Å². The third kappa shape index (κ3) is 2.80. The Morgan fingerprint density at radius 3 is 2.59 bits per heavy atom. The van der Waals surface area contributed by atoms with Crippen LogP contribution in [0.1, 0.15) is 15.9 Å². The van der Waals surface area contributed by atoms with Crippen LogP contribution in [0.5, 0.6) is 0 Å². The number of nitrogens with two attached hydrogens (primary N) is 2. The largest absolute Gasteiger partial charge is 0.383 e. The number of benzene rings is 2. The minimum absolute atomic E-state index is 0.123. The van der Waals surface area contributed by atoms with Crippen LogP contribution in [0.3, 0.4) is 0 Å². The second kappa shape index (κ2) is 5.69. The molecule has 3 rings (SSSR count). The zero-order valence-electron chi connectivity index (χ0n) is 11.8. The van der Waals surface area contributed by atoms with E-state index >= 15 is 0 Å². The number of aromatic nitrogens is 2. The summed E-state index contributed by atoms with van der Waals surface area (Å²) in [7, 11) is 0. The zero-order valence-corrected chi connectivity index (χ0v) is 11.8. The first kappa shape index (κ1) is 13.8. The second-order valence-electron chi connectivity index (χ2n) is 4.87. The summed E-state index contributed by atoms with van der Waals surface area (Å²) in [5.41, 5.74) is 13.6. The van der Waals surface area contributed by atoms with Gasteiger partial charge in [-0.2, -0.15) is 4.98 Å². The van der Waals surface area contributed by atoms with Crippen molar-refractivity contribution in [2.24, 2.45) is 0 Å². The molecule has 110 valence electrons. The molecule has 22 heavy (non-hydrogen) atoms. The molecule has 0 radical (unpaired) electrons. The highest BCUT2D eigenvalue weighted by atomic mass is 16.1. The average Bonchev–Trinajstić information content (AvgIpc) is 2.53. The molecule has 2 aromatic carbocycles. The number of hydrogen-bond acceptors (Lipinski definition) is 5. The standard InChI is InChI=1S/C16H15N5O/c17-14-12-8-10(6-7-13(12)20-16(18)21-14)9-19-15(22)11-4-2-1-3-5-11/h1-8H,9H2,(H,19,22)(H4,17,18,20,21). The van der Waals surface area contributed by atoms with E-state index in [0.29, 0.717) is 23.4 Å². The molecule has 0 unspecified atom stereocenters. The van der Waals surface area contributed by atoms with E-state index in [1.807, 2.05) is 36.4 Å². The molecule has 0 saturated heterocycles. The fourth-order valence-corrected chi connectivity index (χ4v) is 2.20. The quantitative estimate of drug-likeness (QED) is 0.681. The van der Waals surface area contributed by atoms with Gasteiger partial charge in [0.25, 0.3) is 5.91 Å². The molecule has 1 aromatic heterocycles. The molecule has 5 N–H and O–H groups in total. The third-order valence-corrected chi connectivity index (χ3v) is 3.30. The van der Waals surface area contributed by atoms with Crippen LogP contribution in [0.15, 0.2) is 48.5 Å². The van der Waals surface area contributed by atoms with Crippen molar-refractivity contribution in [3.63, 3.8) is 0 Å². The van der Waals surface area contributed by atoms with Gasteiger partial charge in [0.2, 0.25) is 5.95 Å². The monoisotopic (exact) mass is 293 g/mol. The number of nitrogens with one attached hydrogen (secondary N) is 1. The first-order chi connectivity index (χ1) is 10.6. The maximum Gasteiger partial charge on any atom is 0.251 e. The fraction of sp³-hybridized carbons (Fsp3) is 0.0625. The molecule has 0 atom stereocenters. The number of rotatable bonds is 3. The lowest BCUT2D eigenvalue weighted by Gasteiger charge is -2.08. The van der Waals surface area contributed by atoms with Crippen molar-refractivity contribution in [1.29, 1.82) is 0 Å². The Morgan fingerprint density at radius 2 is 1.82 bits per heavy atom. The van der Waals surface area contributed by atoms with Gasteiger partial charge in [-0.1, -0.05) is 24.3 Å². The normalized spacial score (nSPS) is 10.5. The maximum atomic E-state index is 12.0. The molecule has 3 aromatic rings. The predicted octanol–water partition coefficient (Wildman–Crippen LogP) is 1.72. The summed E-state index contributed by atoms with van der Waals surface area (Å²) in [6.45, 7) is 0.396. The Kier molecular flexibility index (Phi) is 3.57. The summed E-state index contributed by atoms with van der Waals surface area (Å²) >= 11 is 0. The van der Waals surface area contributed by atoms with Gasteiger partial charge in [-0.15, -0.1) is 0 Å². The second-order valence-corrected chi connectivity index (χ2v) is 4.87. The Morgan fingerprint density at radius 1 is 1.05 bits per heavy atom. The number of amides is 1. The van der Waals surface area contributed by atoms with Gasteiger partial charge in [0.05, 0.1) is 5.52 Å². The van der Waals surface area contributed by atoms with E-state index in [1.165, 1.54) is 0 Å². The molecule has 1 heterocycles. The molecule has 0 aliphatic carbocycles. The molecule has 0 bridgehead atoms. The van der Waals surface area contributed by atoms with Crippen molar-refractivity contribution in [2.75, 3.05) is 11.5 Å². The summed E-state index contributed by atoms with van der Waals surface area (Å²) in [6, 6.07) is 14.6. The summed E-state index contributed by atoms with van der Waals surface area (Å²) < 4.78 is 0. The first-order valence-corrected chi connectivity index (χ1v) is 6.78. The van der Waals surface area contributed by atoms with Crippen molar-refractivity contribution in [2.45, 2.75) is 6.54 Å². The molecular formula is C16H15N5O. The number of fused-ring (bicyclic) bond motifs is 1. The van der Waals surface area contributed by atoms with Crippen LogP contribution in [-0.2, 0) is 6.54 Å². The number of nitrogen functional groups attached to an aromatic ring is 2. The molecule has 0 aliphatic heterocycles. The highest BCUT2D eigenvalue weighted by molar-refractivity contribution is 5.94. The zero-order chi connectivity index (χ0) is 15.5. The van der Waals surface area contributed by atoms with E-state index in [2.05, 4.69) is 15.3 Å². The van der Waals surface area contributed by atoms with E-state index in [9.17, 15) is 4.79 Å². The maximum absolute atomic E-state index is 12.0. The van der Waals surface area contributed by atoms with Gasteiger partial charge in [0, 0.05) is 17.5 Å². The van der Waals surface area contributed by atoms with Gasteiger partial charge in [0.1, 0.15) is 5.82 Å². The van der Waals surface area contributed by atoms with Crippen molar-refractivity contribution in [3.05, 3.63) is 59.7 Å². The highest BCUT2D eigenvalue weighted by Crippen LogP contribution is 2.20. The van der Waals surface area contributed by atoms with Crippen LogP contribution in [0.4, 0.5) is 11.8 Å². The van der Waals surface area contributed by atoms with Gasteiger partial charge in [-0.25, -0.2) is 4.98 Å². The number of hydrogen-bond donors (Lipinski definition) is 3. The molecule has 0 spiro atoms. The number of nitrogens with zero attached hydrogens (tertiary/aromatic N) is 2. The van der Waals surface area contributed by atoms with Crippen molar-refractivity contribution in [3.8, 4) is 0 Å². The summed E-state index contributed by atoms with van der Waals surface area (Å²) in [4.78, 5) is 20.1. The van der Waals surface area contributed by atoms with Crippen LogP contribution < -0.4 is 16.8 Å². The summed E-state index contributed by atoms with van der Waals surface area (Å²) in [6.07, 6.45) is 0. The molecule has 1 amide bonds. The highest BCUT2D eigenvalue weighted by Gasteiger charge is 2.07. The van der Waals surface area contributed by atoms with Crippen LogP contribution in [0.2, 0.25) is 0 Å². The topological polar surface area (TPSA) is 107 Å². The summed E-state index contributed by atoms with van der Waals surface area (Å²) in [5, 5.41) is 3.59.